The fraction of sp³-hybridized carbons (Fsp3) is 0.778. The zero-order chi connectivity index (χ0) is 9.10. The van der Waals surface area contributed by atoms with Crippen molar-refractivity contribution in [3.05, 3.63) is 11.9 Å². The van der Waals surface area contributed by atoms with Crippen LogP contribution < -0.4 is 5.32 Å². The van der Waals surface area contributed by atoms with Gasteiger partial charge in [-0.15, -0.1) is 0 Å². The second kappa shape index (κ2) is 4.15. The summed E-state index contributed by atoms with van der Waals surface area (Å²) in [5.74, 6) is 0.795. The molecule has 3 nitrogen and oxygen atoms in total. The van der Waals surface area contributed by atoms with Crippen molar-refractivity contribution in [2.24, 2.45) is 5.92 Å². The molecule has 0 aliphatic heterocycles. The van der Waals surface area contributed by atoms with Crippen LogP contribution in [0.5, 0.6) is 0 Å². The fourth-order valence-electron chi connectivity index (χ4n) is 1.81. The molecular formula is C9H15N3S. The molecule has 1 saturated carbocycles. The molecule has 72 valence electrons. The maximum atomic E-state index is 4.31. The van der Waals surface area contributed by atoms with Gasteiger partial charge in [0.25, 0.3) is 0 Å². The van der Waals surface area contributed by atoms with E-state index in [1.807, 2.05) is 6.20 Å². The summed E-state index contributed by atoms with van der Waals surface area (Å²) in [6.07, 6.45) is 5.96. The second-order valence-electron chi connectivity index (χ2n) is 3.56. The summed E-state index contributed by atoms with van der Waals surface area (Å²) < 4.78 is 8.36. The lowest BCUT2D eigenvalue weighted by molar-refractivity contribution is 0.230. The van der Waals surface area contributed by atoms with Crippen LogP contribution in [0.3, 0.4) is 0 Å². The van der Waals surface area contributed by atoms with E-state index in [2.05, 4.69) is 21.0 Å². The summed E-state index contributed by atoms with van der Waals surface area (Å²) in [4.78, 5) is 0. The Hall–Kier alpha value is -0.480. The summed E-state index contributed by atoms with van der Waals surface area (Å²) in [5.41, 5.74) is 1.14. The van der Waals surface area contributed by atoms with Gasteiger partial charge in [-0.05, 0) is 25.3 Å². The quantitative estimate of drug-likeness (QED) is 0.802. The molecule has 1 aromatic heterocycles. The minimum atomic E-state index is 0.456. The Morgan fingerprint density at radius 1 is 1.69 bits per heavy atom. The molecule has 1 aliphatic carbocycles. The van der Waals surface area contributed by atoms with E-state index >= 15 is 0 Å². The van der Waals surface area contributed by atoms with Gasteiger partial charge >= 0.3 is 0 Å². The van der Waals surface area contributed by atoms with Crippen LogP contribution in [0.15, 0.2) is 6.20 Å². The number of nitrogens with one attached hydrogen (secondary N) is 1. The summed E-state index contributed by atoms with van der Waals surface area (Å²) in [7, 11) is 0. The van der Waals surface area contributed by atoms with Crippen LogP contribution >= 0.6 is 11.7 Å². The van der Waals surface area contributed by atoms with Crippen molar-refractivity contribution in [3.8, 4) is 0 Å². The van der Waals surface area contributed by atoms with Crippen LogP contribution in [0.1, 0.15) is 37.9 Å². The number of aromatic nitrogens is 2. The van der Waals surface area contributed by atoms with Gasteiger partial charge in [0, 0.05) is 0 Å². The summed E-state index contributed by atoms with van der Waals surface area (Å²) >= 11 is 1.31. The first-order valence-corrected chi connectivity index (χ1v) is 5.65. The van der Waals surface area contributed by atoms with E-state index in [-0.39, 0.29) is 0 Å². The molecule has 0 aromatic carbocycles. The number of hydrogen-bond donors (Lipinski definition) is 1. The van der Waals surface area contributed by atoms with Crippen LogP contribution in [0.2, 0.25) is 0 Å². The standard InChI is InChI=1S/C9H15N3S/c1-2-10-9(7-4-3-5-7)8-6-11-13-12-8/h6-7,9-10H,2-5H2,1H3. The molecule has 1 atom stereocenters. The van der Waals surface area contributed by atoms with Crippen LogP contribution in [0, 0.1) is 5.92 Å². The lowest BCUT2D eigenvalue weighted by Crippen LogP contribution is -2.32. The van der Waals surface area contributed by atoms with E-state index in [1.54, 1.807) is 0 Å². The third-order valence-corrected chi connectivity index (χ3v) is 3.23. The largest absolute Gasteiger partial charge is 0.309 e. The molecule has 1 aromatic rings. The van der Waals surface area contributed by atoms with Crippen LogP contribution in [-0.2, 0) is 0 Å². The summed E-state index contributed by atoms with van der Waals surface area (Å²) in [6, 6.07) is 0.456. The third-order valence-electron chi connectivity index (χ3n) is 2.74. The Kier molecular flexibility index (Phi) is 2.90. The highest BCUT2D eigenvalue weighted by Gasteiger charge is 2.29. The minimum Gasteiger partial charge on any atom is -0.309 e. The molecule has 1 fully saturated rings. The van der Waals surface area contributed by atoms with Crippen molar-refractivity contribution in [2.75, 3.05) is 6.54 Å². The van der Waals surface area contributed by atoms with Crippen molar-refractivity contribution >= 4 is 11.7 Å². The number of rotatable bonds is 4. The molecule has 1 unspecified atom stereocenters. The monoisotopic (exact) mass is 197 g/mol. The average Bonchev–Trinajstić information content (AvgIpc) is 2.51. The van der Waals surface area contributed by atoms with E-state index in [4.69, 9.17) is 0 Å². The molecule has 2 rings (SSSR count). The Morgan fingerprint density at radius 3 is 3.00 bits per heavy atom. The zero-order valence-electron chi connectivity index (χ0n) is 7.86. The smallest absolute Gasteiger partial charge is 0.0915 e. The molecule has 1 aliphatic rings. The predicted molar refractivity (Wildman–Crippen MR) is 53.7 cm³/mol. The fourth-order valence-corrected chi connectivity index (χ4v) is 2.27. The van der Waals surface area contributed by atoms with Crippen molar-refractivity contribution < 1.29 is 0 Å². The maximum absolute atomic E-state index is 4.31. The first kappa shape index (κ1) is 9.09. The molecule has 4 heteroatoms. The van der Waals surface area contributed by atoms with Gasteiger partial charge in [-0.3, -0.25) is 0 Å². The highest BCUT2D eigenvalue weighted by Crippen LogP contribution is 2.36. The lowest BCUT2D eigenvalue weighted by atomic mass is 9.78. The van der Waals surface area contributed by atoms with Gasteiger partial charge in [0.2, 0.25) is 0 Å². The van der Waals surface area contributed by atoms with Gasteiger partial charge in [0.15, 0.2) is 0 Å². The Morgan fingerprint density at radius 2 is 2.54 bits per heavy atom. The van der Waals surface area contributed by atoms with Crippen LogP contribution in [0.25, 0.3) is 0 Å². The lowest BCUT2D eigenvalue weighted by Gasteiger charge is -2.32. The third kappa shape index (κ3) is 1.89. The van der Waals surface area contributed by atoms with Gasteiger partial charge in [-0.1, -0.05) is 13.3 Å². The average molecular weight is 197 g/mol. The van der Waals surface area contributed by atoms with Gasteiger partial charge < -0.3 is 5.32 Å². The summed E-state index contributed by atoms with van der Waals surface area (Å²) in [6.45, 7) is 3.16. The van der Waals surface area contributed by atoms with Crippen molar-refractivity contribution in [1.29, 1.82) is 0 Å². The van der Waals surface area contributed by atoms with E-state index in [1.165, 1.54) is 31.0 Å². The topological polar surface area (TPSA) is 37.8 Å². The number of hydrogen-bond acceptors (Lipinski definition) is 4. The Labute approximate surface area is 82.9 Å². The molecule has 0 bridgehead atoms. The molecule has 0 radical (unpaired) electrons. The predicted octanol–water partition coefficient (Wildman–Crippen LogP) is 1.99. The molecule has 13 heavy (non-hydrogen) atoms. The van der Waals surface area contributed by atoms with Gasteiger partial charge in [0.1, 0.15) is 0 Å². The highest BCUT2D eigenvalue weighted by molar-refractivity contribution is 6.99. The normalized spacial score (nSPS) is 19.8. The van der Waals surface area contributed by atoms with E-state index in [9.17, 15) is 0 Å². The Balaban J connectivity index is 2.04. The molecule has 0 spiro atoms. The van der Waals surface area contributed by atoms with Crippen molar-refractivity contribution in [2.45, 2.75) is 32.2 Å². The van der Waals surface area contributed by atoms with Gasteiger partial charge in [-0.2, -0.15) is 8.75 Å². The second-order valence-corrected chi connectivity index (χ2v) is 4.12. The molecular weight excluding hydrogens is 182 g/mol. The molecule has 0 saturated heterocycles. The number of nitrogens with zero attached hydrogens (tertiary/aromatic N) is 2. The van der Waals surface area contributed by atoms with E-state index < -0.39 is 0 Å². The van der Waals surface area contributed by atoms with Crippen LogP contribution in [-0.4, -0.2) is 15.3 Å². The first-order valence-electron chi connectivity index (χ1n) is 4.92. The SMILES string of the molecule is CCNC(c1cnsn1)C1CCC1. The molecule has 1 N–H and O–H groups in total. The first-order chi connectivity index (χ1) is 6.42. The van der Waals surface area contributed by atoms with Gasteiger partial charge in [-0.25, -0.2) is 0 Å². The van der Waals surface area contributed by atoms with E-state index in [0.717, 1.165) is 18.2 Å². The highest BCUT2D eigenvalue weighted by atomic mass is 32.1. The van der Waals surface area contributed by atoms with Crippen LogP contribution in [0.4, 0.5) is 0 Å². The summed E-state index contributed by atoms with van der Waals surface area (Å²) in [5, 5.41) is 3.49. The molecule has 1 heterocycles. The van der Waals surface area contributed by atoms with E-state index in [0.29, 0.717) is 6.04 Å². The van der Waals surface area contributed by atoms with Gasteiger partial charge in [0.05, 0.1) is 29.7 Å². The molecule has 0 amide bonds. The van der Waals surface area contributed by atoms with Crippen molar-refractivity contribution in [1.82, 2.24) is 14.1 Å². The maximum Gasteiger partial charge on any atom is 0.0915 e. The zero-order valence-corrected chi connectivity index (χ0v) is 8.68. The Bertz CT molecular complexity index is 243. The van der Waals surface area contributed by atoms with Crippen molar-refractivity contribution in [3.63, 3.8) is 0 Å². The minimum absolute atomic E-state index is 0.456.